The number of carbonyl (C=O) groups excluding carboxylic acids is 5. The lowest BCUT2D eigenvalue weighted by molar-refractivity contribution is -0.135. The van der Waals surface area contributed by atoms with Crippen molar-refractivity contribution in [3.63, 3.8) is 0 Å². The summed E-state index contributed by atoms with van der Waals surface area (Å²) in [6.45, 7) is 1.84. The van der Waals surface area contributed by atoms with Gasteiger partial charge in [0.25, 0.3) is 11.8 Å². The highest BCUT2D eigenvalue weighted by Gasteiger charge is 2.41. The van der Waals surface area contributed by atoms with Crippen molar-refractivity contribution in [3.05, 3.63) is 47.3 Å². The fraction of sp³-hybridized carbons (Fsp3) is 0.440. The number of amides is 5. The van der Waals surface area contributed by atoms with Gasteiger partial charge in [-0.15, -0.1) is 0 Å². The number of fused-ring (bicyclic) bond motifs is 1. The highest BCUT2D eigenvalue weighted by molar-refractivity contribution is 5.97. The van der Waals surface area contributed by atoms with E-state index >= 15 is 0 Å². The van der Waals surface area contributed by atoms with E-state index in [4.69, 9.17) is 15.0 Å². The van der Waals surface area contributed by atoms with Gasteiger partial charge < -0.3 is 35.8 Å². The number of nitrogens with one attached hydrogen (secondary N) is 3. The van der Waals surface area contributed by atoms with Crippen LogP contribution in [-0.2, 0) is 25.7 Å². The van der Waals surface area contributed by atoms with Crippen molar-refractivity contribution < 1.29 is 33.2 Å². The number of carbonyl (C=O) groups is 5. The molecule has 1 aromatic carbocycles. The lowest BCUT2D eigenvalue weighted by Gasteiger charge is -2.42. The molecule has 3 heterocycles. The Morgan fingerprint density at radius 1 is 1.16 bits per heavy atom. The van der Waals surface area contributed by atoms with Gasteiger partial charge in [-0.1, -0.05) is 23.4 Å². The second-order valence-electron chi connectivity index (χ2n) is 9.46. The molecule has 1 saturated heterocycles. The molecule has 4 rings (SSSR count). The van der Waals surface area contributed by atoms with Crippen LogP contribution in [0.1, 0.15) is 47.5 Å². The van der Waals surface area contributed by atoms with Gasteiger partial charge in [-0.2, -0.15) is 0 Å². The zero-order valence-corrected chi connectivity index (χ0v) is 21.0. The van der Waals surface area contributed by atoms with Crippen LogP contribution in [0, 0.1) is 6.92 Å². The number of benzene rings is 1. The summed E-state index contributed by atoms with van der Waals surface area (Å²) in [6.07, 6.45) is -0.0312. The summed E-state index contributed by atoms with van der Waals surface area (Å²) >= 11 is 0. The summed E-state index contributed by atoms with van der Waals surface area (Å²) in [5.41, 5.74) is 4.85. The predicted octanol–water partition coefficient (Wildman–Crippen LogP) is -0.467. The van der Waals surface area contributed by atoms with Gasteiger partial charge in [-0.25, -0.2) is 0 Å². The number of para-hydroxylation sites is 1. The Hall–Kier alpha value is -4.42. The lowest BCUT2D eigenvalue weighted by Crippen LogP contribution is -2.59. The highest BCUT2D eigenvalue weighted by atomic mass is 16.5. The van der Waals surface area contributed by atoms with Crippen LogP contribution < -0.4 is 26.4 Å². The molecule has 13 heteroatoms. The number of likely N-dealkylation sites (tertiary alicyclic amines) is 1. The Kier molecular flexibility index (Phi) is 7.93. The average molecular weight is 527 g/mol. The Labute approximate surface area is 218 Å². The van der Waals surface area contributed by atoms with E-state index in [0.717, 1.165) is 0 Å². The van der Waals surface area contributed by atoms with Crippen molar-refractivity contribution in [2.45, 2.75) is 50.7 Å². The molecule has 5 amide bonds. The van der Waals surface area contributed by atoms with Crippen molar-refractivity contribution in [2.75, 3.05) is 19.7 Å². The normalized spacial score (nSPS) is 20.1. The minimum atomic E-state index is -1.23. The molecular weight excluding hydrogens is 496 g/mol. The Balaban J connectivity index is 1.52. The van der Waals surface area contributed by atoms with Crippen LogP contribution in [-0.4, -0.2) is 70.9 Å². The smallest absolute Gasteiger partial charge is 0.260 e. The van der Waals surface area contributed by atoms with Gasteiger partial charge >= 0.3 is 0 Å². The number of aromatic nitrogens is 1. The topological polar surface area (TPSA) is 186 Å². The number of hydrogen-bond donors (Lipinski definition) is 4. The van der Waals surface area contributed by atoms with Crippen LogP contribution in [0.4, 0.5) is 0 Å². The molecule has 0 aliphatic carbocycles. The molecule has 0 saturated carbocycles. The number of aryl methyl sites for hydroxylation is 1. The second kappa shape index (κ2) is 11.3. The molecule has 2 aliphatic heterocycles. The average Bonchev–Trinajstić information content (AvgIpc) is 3.26. The third kappa shape index (κ3) is 6.28. The summed E-state index contributed by atoms with van der Waals surface area (Å²) in [6, 6.07) is 7.73. The summed E-state index contributed by atoms with van der Waals surface area (Å²) in [7, 11) is 0. The molecule has 0 bridgehead atoms. The maximum atomic E-state index is 13.4. The summed E-state index contributed by atoms with van der Waals surface area (Å²) in [4.78, 5) is 65.0. The standard InChI is InChI=1S/C25H30N6O7/c1-15-22-18(38-30-15)13-27-19(32)11-17(23(26)35)28-20(33)12-25(29-24(22)36)7-9-31(10-8-25)21(34)14-37-16-5-3-2-4-6-16/h2-6,17H,7-14H2,1H3,(H2,26,35)(H,27,32)(H,28,33)(H,29,36)/t17-/m0/s1. The molecule has 5 N–H and O–H groups in total. The highest BCUT2D eigenvalue weighted by Crippen LogP contribution is 2.28. The minimum absolute atomic E-state index is 0.140. The van der Waals surface area contributed by atoms with Crippen LogP contribution in [0.15, 0.2) is 34.9 Å². The molecule has 13 nitrogen and oxygen atoms in total. The quantitative estimate of drug-likeness (QED) is 0.412. The van der Waals surface area contributed by atoms with E-state index in [9.17, 15) is 24.0 Å². The van der Waals surface area contributed by atoms with E-state index < -0.39 is 35.2 Å². The minimum Gasteiger partial charge on any atom is -0.484 e. The fourth-order valence-electron chi connectivity index (χ4n) is 4.63. The number of ether oxygens (including phenoxy) is 1. The van der Waals surface area contributed by atoms with Crippen molar-refractivity contribution in [3.8, 4) is 5.75 Å². The molecule has 1 fully saturated rings. The van der Waals surface area contributed by atoms with Crippen molar-refractivity contribution in [2.24, 2.45) is 5.73 Å². The molecule has 1 aromatic heterocycles. The summed E-state index contributed by atoms with van der Waals surface area (Å²) in [5, 5.41) is 11.9. The first-order valence-electron chi connectivity index (χ1n) is 12.2. The SMILES string of the molecule is Cc1noc2c1C(=O)NC1(CCN(C(=O)COc3ccccc3)CC1)CC(=O)N[C@H](C(N)=O)CC(=O)NC2. The van der Waals surface area contributed by atoms with E-state index in [2.05, 4.69) is 21.1 Å². The first-order chi connectivity index (χ1) is 18.2. The van der Waals surface area contributed by atoms with Gasteiger partial charge in [0.15, 0.2) is 12.4 Å². The monoisotopic (exact) mass is 526 g/mol. The Morgan fingerprint density at radius 2 is 1.87 bits per heavy atom. The van der Waals surface area contributed by atoms with Crippen LogP contribution >= 0.6 is 0 Å². The number of nitrogens with two attached hydrogens (primary N) is 1. The fourth-order valence-corrected chi connectivity index (χ4v) is 4.63. The van der Waals surface area contributed by atoms with Gasteiger partial charge in [0.2, 0.25) is 17.7 Å². The molecule has 1 spiro atoms. The van der Waals surface area contributed by atoms with Gasteiger partial charge in [-0.05, 0) is 31.9 Å². The van der Waals surface area contributed by atoms with Gasteiger partial charge in [-0.3, -0.25) is 24.0 Å². The van der Waals surface area contributed by atoms with Gasteiger partial charge in [0.05, 0.1) is 24.2 Å². The number of primary amides is 1. The van der Waals surface area contributed by atoms with Crippen molar-refractivity contribution in [1.82, 2.24) is 26.0 Å². The zero-order chi connectivity index (χ0) is 27.3. The zero-order valence-electron chi connectivity index (χ0n) is 21.0. The molecule has 2 aliphatic rings. The Morgan fingerprint density at radius 3 is 2.55 bits per heavy atom. The van der Waals surface area contributed by atoms with Gasteiger partial charge in [0, 0.05) is 19.5 Å². The van der Waals surface area contributed by atoms with E-state index in [-0.39, 0.29) is 69.2 Å². The molecule has 2 aromatic rings. The maximum absolute atomic E-state index is 13.4. The number of piperidine rings is 1. The summed E-state index contributed by atoms with van der Waals surface area (Å²) in [5.74, 6) is -2.01. The van der Waals surface area contributed by atoms with Crippen LogP contribution in [0.3, 0.4) is 0 Å². The molecule has 202 valence electrons. The van der Waals surface area contributed by atoms with Crippen molar-refractivity contribution in [1.29, 1.82) is 0 Å². The third-order valence-corrected chi connectivity index (χ3v) is 6.73. The Bertz CT molecular complexity index is 1220. The molecule has 0 radical (unpaired) electrons. The largest absolute Gasteiger partial charge is 0.484 e. The summed E-state index contributed by atoms with van der Waals surface area (Å²) < 4.78 is 10.8. The van der Waals surface area contributed by atoms with E-state index in [1.807, 2.05) is 6.07 Å². The first kappa shape index (κ1) is 26.6. The second-order valence-corrected chi connectivity index (χ2v) is 9.46. The van der Waals surface area contributed by atoms with Crippen LogP contribution in [0.2, 0.25) is 0 Å². The molecule has 1 atom stereocenters. The van der Waals surface area contributed by atoms with Crippen LogP contribution in [0.5, 0.6) is 5.75 Å². The number of nitrogens with zero attached hydrogens (tertiary/aromatic N) is 2. The van der Waals surface area contributed by atoms with Crippen molar-refractivity contribution >= 4 is 29.5 Å². The third-order valence-electron chi connectivity index (χ3n) is 6.73. The maximum Gasteiger partial charge on any atom is 0.260 e. The predicted molar refractivity (Wildman–Crippen MR) is 131 cm³/mol. The first-order valence-corrected chi connectivity index (χ1v) is 12.2. The van der Waals surface area contributed by atoms with E-state index in [1.54, 1.807) is 36.1 Å². The van der Waals surface area contributed by atoms with Crippen LogP contribution in [0.25, 0.3) is 0 Å². The molecule has 38 heavy (non-hydrogen) atoms. The van der Waals surface area contributed by atoms with E-state index in [0.29, 0.717) is 11.4 Å². The molecule has 0 unspecified atom stereocenters. The molecular formula is C25H30N6O7. The van der Waals surface area contributed by atoms with E-state index in [1.165, 1.54) is 0 Å². The van der Waals surface area contributed by atoms with Gasteiger partial charge in [0.1, 0.15) is 17.4 Å². The lowest BCUT2D eigenvalue weighted by atomic mass is 9.83. The number of hydrogen-bond acceptors (Lipinski definition) is 8. The number of rotatable bonds is 4.